The van der Waals surface area contributed by atoms with Gasteiger partial charge in [-0.2, -0.15) is 0 Å². The maximum atomic E-state index is 11.7. The predicted octanol–water partition coefficient (Wildman–Crippen LogP) is -1.12. The van der Waals surface area contributed by atoms with Crippen molar-refractivity contribution in [1.29, 1.82) is 0 Å². The minimum atomic E-state index is -0.731. The highest BCUT2D eigenvalue weighted by Crippen LogP contribution is 2.25. The Labute approximate surface area is 103 Å². The molecule has 2 rings (SSSR count). The van der Waals surface area contributed by atoms with Gasteiger partial charge in [-0.05, 0) is 19.8 Å². The first-order chi connectivity index (χ1) is 8.52. The van der Waals surface area contributed by atoms with Gasteiger partial charge in [0, 0.05) is 11.8 Å². The van der Waals surface area contributed by atoms with E-state index in [1.165, 1.54) is 10.8 Å². The molecular formula is C11H16N2O5. The lowest BCUT2D eigenvalue weighted by atomic mass is 10.0. The van der Waals surface area contributed by atoms with Crippen LogP contribution in [0.5, 0.6) is 0 Å². The van der Waals surface area contributed by atoms with Gasteiger partial charge < -0.3 is 14.9 Å². The van der Waals surface area contributed by atoms with Crippen LogP contribution in [0.4, 0.5) is 0 Å². The molecule has 1 saturated heterocycles. The third-order valence-corrected chi connectivity index (χ3v) is 3.11. The molecule has 0 bridgehead atoms. The Bertz CT molecular complexity index is 535. The Balaban J connectivity index is 2.30. The minimum absolute atomic E-state index is 0.311. The molecule has 7 nitrogen and oxygen atoms in total. The van der Waals surface area contributed by atoms with Crippen molar-refractivity contribution in [2.24, 2.45) is 0 Å². The van der Waals surface area contributed by atoms with Crippen LogP contribution in [0.15, 0.2) is 15.8 Å². The van der Waals surface area contributed by atoms with Gasteiger partial charge >= 0.3 is 5.69 Å². The second kappa shape index (κ2) is 5.05. The predicted molar refractivity (Wildman–Crippen MR) is 62.3 cm³/mol. The third kappa shape index (κ3) is 2.38. The maximum Gasteiger partial charge on any atom is 0.330 e. The second-order valence-corrected chi connectivity index (χ2v) is 4.44. The number of aliphatic hydroxyl groups excluding tert-OH is 2. The van der Waals surface area contributed by atoms with Gasteiger partial charge in [0.05, 0.1) is 12.7 Å². The van der Waals surface area contributed by atoms with E-state index in [0.717, 1.165) is 0 Å². The number of H-pyrrole nitrogens is 1. The summed E-state index contributed by atoms with van der Waals surface area (Å²) < 4.78 is 6.73. The van der Waals surface area contributed by atoms with E-state index in [1.54, 1.807) is 6.92 Å². The van der Waals surface area contributed by atoms with Crippen LogP contribution in [0.2, 0.25) is 0 Å². The molecule has 18 heavy (non-hydrogen) atoms. The molecule has 1 aromatic rings. The Morgan fingerprint density at radius 1 is 1.50 bits per heavy atom. The smallest absolute Gasteiger partial charge is 0.330 e. The highest BCUT2D eigenvalue weighted by Gasteiger charge is 2.30. The molecular weight excluding hydrogens is 240 g/mol. The first-order valence-electron chi connectivity index (χ1n) is 5.79. The van der Waals surface area contributed by atoms with E-state index in [4.69, 9.17) is 9.84 Å². The zero-order valence-corrected chi connectivity index (χ0v) is 10.00. The Hall–Kier alpha value is -1.44. The van der Waals surface area contributed by atoms with E-state index in [9.17, 15) is 14.7 Å². The molecule has 0 saturated carbocycles. The summed E-state index contributed by atoms with van der Waals surface area (Å²) in [6.07, 6.45) is 0.295. The summed E-state index contributed by atoms with van der Waals surface area (Å²) in [6.45, 7) is 1.28. The van der Waals surface area contributed by atoms with Gasteiger partial charge in [-0.25, -0.2) is 4.79 Å². The SMILES string of the molecule is Cc1cn(C2CCC(O)C(CO)O2)c(=O)[nH]c1=O. The summed E-state index contributed by atoms with van der Waals surface area (Å²) >= 11 is 0. The first kappa shape index (κ1) is 13.0. The topological polar surface area (TPSA) is 105 Å². The average Bonchev–Trinajstić information content (AvgIpc) is 2.35. The lowest BCUT2D eigenvalue weighted by Gasteiger charge is -2.33. The molecule has 1 aliphatic rings. The van der Waals surface area contributed by atoms with Gasteiger partial charge in [-0.3, -0.25) is 14.3 Å². The molecule has 7 heteroatoms. The maximum absolute atomic E-state index is 11.7. The Morgan fingerprint density at radius 3 is 2.89 bits per heavy atom. The zero-order valence-electron chi connectivity index (χ0n) is 10.00. The monoisotopic (exact) mass is 256 g/mol. The van der Waals surface area contributed by atoms with E-state index in [0.29, 0.717) is 18.4 Å². The summed E-state index contributed by atoms with van der Waals surface area (Å²) in [5, 5.41) is 18.6. The lowest BCUT2D eigenvalue weighted by Crippen LogP contribution is -2.43. The standard InChI is InChI=1S/C11H16N2O5/c1-6-4-13(11(17)12-10(6)16)9-3-2-7(15)8(5-14)18-9/h4,7-9,14-15H,2-3,5H2,1H3,(H,12,16,17). The minimum Gasteiger partial charge on any atom is -0.394 e. The van der Waals surface area contributed by atoms with E-state index in [-0.39, 0.29) is 6.61 Å². The molecule has 1 fully saturated rings. The number of aromatic nitrogens is 2. The van der Waals surface area contributed by atoms with Crippen molar-refractivity contribution in [1.82, 2.24) is 9.55 Å². The number of ether oxygens (including phenoxy) is 1. The molecule has 0 spiro atoms. The summed E-state index contributed by atoms with van der Waals surface area (Å²) in [4.78, 5) is 25.1. The van der Waals surface area contributed by atoms with Crippen LogP contribution in [0.25, 0.3) is 0 Å². The van der Waals surface area contributed by atoms with Gasteiger partial charge in [0.1, 0.15) is 12.3 Å². The quantitative estimate of drug-likeness (QED) is 0.621. The fraction of sp³-hybridized carbons (Fsp3) is 0.636. The fourth-order valence-electron chi connectivity index (χ4n) is 2.03. The van der Waals surface area contributed by atoms with Crippen LogP contribution in [-0.4, -0.2) is 38.6 Å². The summed E-state index contributed by atoms with van der Waals surface area (Å²) in [5.41, 5.74) is -0.570. The van der Waals surface area contributed by atoms with Gasteiger partial charge in [-0.15, -0.1) is 0 Å². The summed E-state index contributed by atoms with van der Waals surface area (Å²) in [5.74, 6) is 0. The molecule has 1 aliphatic heterocycles. The van der Waals surface area contributed by atoms with Crippen LogP contribution >= 0.6 is 0 Å². The van der Waals surface area contributed by atoms with Crippen LogP contribution in [0, 0.1) is 6.92 Å². The number of rotatable bonds is 2. The molecule has 3 atom stereocenters. The van der Waals surface area contributed by atoms with Crippen molar-refractivity contribution in [2.75, 3.05) is 6.61 Å². The van der Waals surface area contributed by atoms with E-state index in [1.807, 2.05) is 0 Å². The number of aryl methyl sites for hydroxylation is 1. The highest BCUT2D eigenvalue weighted by atomic mass is 16.5. The zero-order chi connectivity index (χ0) is 13.3. The van der Waals surface area contributed by atoms with E-state index in [2.05, 4.69) is 4.98 Å². The summed E-state index contributed by atoms with van der Waals surface area (Å²) in [6, 6.07) is 0. The molecule has 0 aromatic carbocycles. The Morgan fingerprint density at radius 2 is 2.22 bits per heavy atom. The average molecular weight is 256 g/mol. The molecule has 0 amide bonds. The van der Waals surface area contributed by atoms with Crippen LogP contribution < -0.4 is 11.2 Å². The van der Waals surface area contributed by atoms with Gasteiger partial charge in [0.25, 0.3) is 5.56 Å². The molecule has 0 aliphatic carbocycles. The Kier molecular flexibility index (Phi) is 3.65. The molecule has 2 heterocycles. The fourth-order valence-corrected chi connectivity index (χ4v) is 2.03. The van der Waals surface area contributed by atoms with E-state index < -0.39 is 29.7 Å². The normalized spacial score (nSPS) is 28.3. The largest absolute Gasteiger partial charge is 0.394 e. The van der Waals surface area contributed by atoms with Gasteiger partial charge in [0.2, 0.25) is 0 Å². The number of hydrogen-bond acceptors (Lipinski definition) is 5. The first-order valence-corrected chi connectivity index (χ1v) is 5.79. The summed E-state index contributed by atoms with van der Waals surface area (Å²) in [7, 11) is 0. The van der Waals surface area contributed by atoms with Crippen LogP contribution in [0.1, 0.15) is 24.6 Å². The number of nitrogens with zero attached hydrogens (tertiary/aromatic N) is 1. The number of nitrogens with one attached hydrogen (secondary N) is 1. The number of hydrogen-bond donors (Lipinski definition) is 3. The molecule has 1 aromatic heterocycles. The van der Waals surface area contributed by atoms with Crippen molar-refractivity contribution < 1.29 is 14.9 Å². The van der Waals surface area contributed by atoms with Crippen LogP contribution in [-0.2, 0) is 4.74 Å². The second-order valence-electron chi connectivity index (χ2n) is 4.44. The molecule has 0 radical (unpaired) electrons. The molecule has 3 unspecified atom stereocenters. The van der Waals surface area contributed by atoms with Crippen LogP contribution in [0.3, 0.4) is 0 Å². The van der Waals surface area contributed by atoms with Gasteiger partial charge in [-0.1, -0.05) is 0 Å². The van der Waals surface area contributed by atoms with Crippen molar-refractivity contribution in [3.05, 3.63) is 32.6 Å². The van der Waals surface area contributed by atoms with Crippen molar-refractivity contribution in [3.8, 4) is 0 Å². The molecule has 3 N–H and O–H groups in total. The van der Waals surface area contributed by atoms with Crippen molar-refractivity contribution in [2.45, 2.75) is 38.2 Å². The number of aromatic amines is 1. The third-order valence-electron chi connectivity index (χ3n) is 3.11. The molecule has 100 valence electrons. The van der Waals surface area contributed by atoms with Crippen molar-refractivity contribution in [3.63, 3.8) is 0 Å². The van der Waals surface area contributed by atoms with Crippen molar-refractivity contribution >= 4 is 0 Å². The highest BCUT2D eigenvalue weighted by molar-refractivity contribution is 5.01. The lowest BCUT2D eigenvalue weighted by molar-refractivity contribution is -0.160. The van der Waals surface area contributed by atoms with Gasteiger partial charge in [0.15, 0.2) is 0 Å². The number of aliphatic hydroxyl groups is 2. The van der Waals surface area contributed by atoms with E-state index >= 15 is 0 Å².